The van der Waals surface area contributed by atoms with E-state index >= 15 is 0 Å². The number of methoxy groups -OCH3 is 1. The van der Waals surface area contributed by atoms with Gasteiger partial charge >= 0.3 is 0 Å². The average Bonchev–Trinajstić information content (AvgIpc) is 3.47. The fraction of sp³-hybridized carbons (Fsp3) is 0.600. The lowest BCUT2D eigenvalue weighted by Gasteiger charge is -2.50. The van der Waals surface area contributed by atoms with Crippen LogP contribution in [0, 0.1) is 23.2 Å². The predicted octanol–water partition coefficient (Wildman–Crippen LogP) is 6.33. The molecule has 2 fully saturated rings. The molecule has 5 rings (SSSR count). The highest BCUT2D eigenvalue weighted by Crippen LogP contribution is 2.62. The SMILES string of the molecule is COc1ccc2c(c1)CC[C@H]1[C@@H]3[C@H](CCCCC(=O)NCCc4cccs4)CC(=O)[C@@]3(C)CC[C@H]21. The second-order valence-corrected chi connectivity index (χ2v) is 12.2. The number of benzene rings is 1. The summed E-state index contributed by atoms with van der Waals surface area (Å²) >= 11 is 1.74. The lowest BCUT2D eigenvalue weighted by molar-refractivity contribution is -0.129. The van der Waals surface area contributed by atoms with E-state index in [0.29, 0.717) is 42.4 Å². The van der Waals surface area contributed by atoms with Crippen molar-refractivity contribution in [2.45, 2.75) is 77.0 Å². The minimum atomic E-state index is -0.144. The largest absolute Gasteiger partial charge is 0.497 e. The van der Waals surface area contributed by atoms with Gasteiger partial charge in [-0.05, 0) is 103 Å². The molecule has 0 radical (unpaired) electrons. The third-order valence-electron chi connectivity index (χ3n) is 9.28. The Morgan fingerprint density at radius 1 is 1.23 bits per heavy atom. The van der Waals surface area contributed by atoms with E-state index < -0.39 is 0 Å². The van der Waals surface area contributed by atoms with Crippen molar-refractivity contribution in [3.63, 3.8) is 0 Å². The smallest absolute Gasteiger partial charge is 0.220 e. The summed E-state index contributed by atoms with van der Waals surface area (Å²) in [5.74, 6) is 3.75. The number of aryl methyl sites for hydroxylation is 1. The Morgan fingerprint density at radius 3 is 2.91 bits per heavy atom. The first-order valence-electron chi connectivity index (χ1n) is 13.5. The Bertz CT molecular complexity index is 1050. The van der Waals surface area contributed by atoms with E-state index in [4.69, 9.17) is 4.74 Å². The van der Waals surface area contributed by atoms with Gasteiger partial charge in [0.15, 0.2) is 0 Å². The van der Waals surface area contributed by atoms with Gasteiger partial charge in [-0.1, -0.05) is 25.5 Å². The van der Waals surface area contributed by atoms with Crippen molar-refractivity contribution in [3.05, 3.63) is 51.7 Å². The molecule has 1 amide bonds. The van der Waals surface area contributed by atoms with Crippen LogP contribution in [-0.4, -0.2) is 25.3 Å². The van der Waals surface area contributed by atoms with E-state index in [0.717, 1.165) is 57.1 Å². The monoisotopic (exact) mass is 493 g/mol. The molecule has 3 aliphatic carbocycles. The number of thiophene rings is 1. The molecule has 1 aromatic carbocycles. The second kappa shape index (κ2) is 10.5. The van der Waals surface area contributed by atoms with Crippen LogP contribution in [0.2, 0.25) is 0 Å². The van der Waals surface area contributed by atoms with E-state index in [1.165, 1.54) is 22.4 Å². The molecule has 2 saturated carbocycles. The molecule has 0 unspecified atom stereocenters. The number of hydrogen-bond donors (Lipinski definition) is 1. The van der Waals surface area contributed by atoms with E-state index in [9.17, 15) is 9.59 Å². The van der Waals surface area contributed by atoms with Crippen molar-refractivity contribution < 1.29 is 14.3 Å². The van der Waals surface area contributed by atoms with Gasteiger partial charge < -0.3 is 10.1 Å². The van der Waals surface area contributed by atoms with Gasteiger partial charge in [0.1, 0.15) is 11.5 Å². The van der Waals surface area contributed by atoms with Gasteiger partial charge in [0.25, 0.3) is 0 Å². The summed E-state index contributed by atoms with van der Waals surface area (Å²) in [6.45, 7) is 2.98. The van der Waals surface area contributed by atoms with Crippen molar-refractivity contribution in [2.75, 3.05) is 13.7 Å². The maximum Gasteiger partial charge on any atom is 0.220 e. The zero-order chi connectivity index (χ0) is 24.4. The maximum atomic E-state index is 13.2. The van der Waals surface area contributed by atoms with Gasteiger partial charge in [-0.25, -0.2) is 0 Å². The summed E-state index contributed by atoms with van der Waals surface area (Å²) in [5, 5.41) is 5.14. The normalized spacial score (nSPS) is 29.3. The summed E-state index contributed by atoms with van der Waals surface area (Å²) < 4.78 is 5.47. The van der Waals surface area contributed by atoms with Crippen LogP contribution in [0.1, 0.15) is 80.2 Å². The lowest BCUT2D eigenvalue weighted by atomic mass is 9.54. The molecular weight excluding hydrogens is 454 g/mol. The Hall–Kier alpha value is -2.14. The average molecular weight is 494 g/mol. The molecule has 0 spiro atoms. The fourth-order valence-corrected chi connectivity index (χ4v) is 8.28. The topological polar surface area (TPSA) is 55.4 Å². The summed E-state index contributed by atoms with van der Waals surface area (Å²) in [6, 6.07) is 10.8. The number of ether oxygens (including phenoxy) is 1. The first-order valence-corrected chi connectivity index (χ1v) is 14.4. The molecular formula is C30H39NO3S. The zero-order valence-corrected chi connectivity index (χ0v) is 22.0. The standard InChI is InChI=1S/C30H39NO3S/c1-30-15-13-25-24-12-10-22(34-2)18-20(24)9-11-26(25)29(30)21(19-27(30)32)6-3-4-8-28(33)31-16-14-23-7-5-17-35-23/h5,7,10,12,17-18,21,25-26,29H,3-4,6,8-9,11,13-16,19H2,1-2H3,(H,31,33)/t21-,25-,26-,29+,30-/m1/s1. The third-order valence-corrected chi connectivity index (χ3v) is 10.2. The van der Waals surface area contributed by atoms with Crippen LogP contribution in [0.3, 0.4) is 0 Å². The highest BCUT2D eigenvalue weighted by molar-refractivity contribution is 7.09. The van der Waals surface area contributed by atoms with Gasteiger partial charge in [-0.3, -0.25) is 9.59 Å². The Kier molecular flexibility index (Phi) is 7.34. The van der Waals surface area contributed by atoms with Crippen molar-refractivity contribution in [3.8, 4) is 5.75 Å². The number of fused-ring (bicyclic) bond motifs is 5. The Labute approximate surface area is 213 Å². The molecule has 35 heavy (non-hydrogen) atoms. The van der Waals surface area contributed by atoms with Gasteiger partial charge in [0.05, 0.1) is 7.11 Å². The summed E-state index contributed by atoms with van der Waals surface area (Å²) in [7, 11) is 1.74. The molecule has 4 nitrogen and oxygen atoms in total. The third kappa shape index (κ3) is 4.94. The van der Waals surface area contributed by atoms with Gasteiger partial charge in [0, 0.05) is 29.7 Å². The molecule has 188 valence electrons. The van der Waals surface area contributed by atoms with Crippen molar-refractivity contribution in [2.24, 2.45) is 23.2 Å². The Morgan fingerprint density at radius 2 is 2.11 bits per heavy atom. The van der Waals surface area contributed by atoms with Crippen LogP contribution in [0.15, 0.2) is 35.7 Å². The molecule has 1 aromatic heterocycles. The van der Waals surface area contributed by atoms with E-state index in [1.807, 2.05) is 0 Å². The summed E-state index contributed by atoms with van der Waals surface area (Å²) in [5.41, 5.74) is 2.80. The first-order chi connectivity index (χ1) is 17.0. The van der Waals surface area contributed by atoms with Crippen LogP contribution in [0.25, 0.3) is 0 Å². The minimum Gasteiger partial charge on any atom is -0.497 e. The summed E-state index contributed by atoms with van der Waals surface area (Å²) in [6.07, 6.45) is 9.69. The maximum absolute atomic E-state index is 13.2. The van der Waals surface area contributed by atoms with Crippen LogP contribution in [0.4, 0.5) is 0 Å². The fourth-order valence-electron chi connectivity index (χ4n) is 7.57. The molecule has 0 saturated heterocycles. The summed E-state index contributed by atoms with van der Waals surface area (Å²) in [4.78, 5) is 26.8. The van der Waals surface area contributed by atoms with E-state index in [2.05, 4.69) is 48.0 Å². The highest BCUT2D eigenvalue weighted by Gasteiger charge is 2.58. The van der Waals surface area contributed by atoms with Crippen molar-refractivity contribution >= 4 is 23.0 Å². The molecule has 5 heteroatoms. The highest BCUT2D eigenvalue weighted by atomic mass is 32.1. The van der Waals surface area contributed by atoms with Crippen molar-refractivity contribution in [1.29, 1.82) is 0 Å². The molecule has 2 aromatic rings. The van der Waals surface area contributed by atoms with Crippen molar-refractivity contribution in [1.82, 2.24) is 5.32 Å². The number of ketones is 1. The lowest BCUT2D eigenvalue weighted by Crippen LogP contribution is -2.44. The van der Waals surface area contributed by atoms with Gasteiger partial charge in [-0.2, -0.15) is 0 Å². The predicted molar refractivity (Wildman–Crippen MR) is 141 cm³/mol. The Balaban J connectivity index is 1.16. The molecule has 3 aliphatic rings. The van der Waals surface area contributed by atoms with Gasteiger partial charge in [-0.15, -0.1) is 11.3 Å². The second-order valence-electron chi connectivity index (χ2n) is 11.2. The number of amides is 1. The van der Waals surface area contributed by atoms with Crippen LogP contribution in [0.5, 0.6) is 5.75 Å². The minimum absolute atomic E-state index is 0.144. The number of carbonyl (C=O) groups excluding carboxylic acids is 2. The number of nitrogens with one attached hydrogen (secondary N) is 1. The van der Waals surface area contributed by atoms with Crippen LogP contribution >= 0.6 is 11.3 Å². The van der Waals surface area contributed by atoms with E-state index in [1.54, 1.807) is 18.4 Å². The zero-order valence-electron chi connectivity index (χ0n) is 21.2. The molecule has 0 bridgehead atoms. The van der Waals surface area contributed by atoms with Crippen LogP contribution in [-0.2, 0) is 22.4 Å². The molecule has 1 heterocycles. The van der Waals surface area contributed by atoms with Gasteiger partial charge in [0.2, 0.25) is 5.91 Å². The number of rotatable bonds is 9. The molecule has 5 atom stereocenters. The number of hydrogen-bond acceptors (Lipinski definition) is 4. The quantitative estimate of drug-likeness (QED) is 0.416. The van der Waals surface area contributed by atoms with Crippen LogP contribution < -0.4 is 10.1 Å². The number of carbonyl (C=O) groups is 2. The number of unbranched alkanes of at least 4 members (excludes halogenated alkanes) is 1. The first kappa shape index (κ1) is 24.5. The molecule has 1 N–H and O–H groups in total. The van der Waals surface area contributed by atoms with E-state index in [-0.39, 0.29) is 11.3 Å². The molecule has 0 aliphatic heterocycles. The number of Topliss-reactive ketones (excluding diaryl/α,β-unsaturated/α-hetero) is 1.